The summed E-state index contributed by atoms with van der Waals surface area (Å²) in [5, 5.41) is 4.46. The molecule has 0 amide bonds. The molecule has 9 aromatic rings. The molecule has 0 saturated carbocycles. The van der Waals surface area contributed by atoms with Gasteiger partial charge in [-0.05, 0) is 83.4 Å². The van der Waals surface area contributed by atoms with Crippen molar-refractivity contribution in [1.82, 2.24) is 4.98 Å². The molecule has 0 saturated heterocycles. The van der Waals surface area contributed by atoms with Crippen molar-refractivity contribution in [1.29, 1.82) is 0 Å². The third kappa shape index (κ3) is 4.27. The molecule has 0 aliphatic heterocycles. The average molecular weight is 579 g/mol. The summed E-state index contributed by atoms with van der Waals surface area (Å²) in [5.41, 5.74) is 11.2. The first-order valence-corrected chi connectivity index (χ1v) is 15.0. The number of aromatic nitrogens is 1. The van der Waals surface area contributed by atoms with Crippen molar-refractivity contribution in [2.45, 2.75) is 0 Å². The van der Waals surface area contributed by atoms with Gasteiger partial charge in [-0.2, -0.15) is 0 Å². The van der Waals surface area contributed by atoms with Crippen LogP contribution in [0.15, 0.2) is 167 Å². The Balaban J connectivity index is 1.17. The lowest BCUT2D eigenvalue weighted by molar-refractivity contribution is 0.669. The minimum absolute atomic E-state index is 0.877. The minimum atomic E-state index is 0.877. The number of pyridine rings is 1. The van der Waals surface area contributed by atoms with E-state index in [0.717, 1.165) is 83.2 Å². The number of hydrogen-bond acceptors (Lipinski definition) is 4. The normalized spacial score (nSPS) is 11.6. The molecule has 0 aliphatic rings. The van der Waals surface area contributed by atoms with Crippen LogP contribution in [0.4, 0.5) is 17.1 Å². The summed E-state index contributed by atoms with van der Waals surface area (Å²) in [7, 11) is 0. The van der Waals surface area contributed by atoms with E-state index in [2.05, 4.69) is 119 Å². The fourth-order valence-corrected chi connectivity index (χ4v) is 6.41. The predicted octanol–water partition coefficient (Wildman–Crippen LogP) is 11.7. The van der Waals surface area contributed by atoms with E-state index in [0.29, 0.717) is 0 Å². The number of furan rings is 2. The van der Waals surface area contributed by atoms with Gasteiger partial charge in [0.15, 0.2) is 0 Å². The van der Waals surface area contributed by atoms with Crippen molar-refractivity contribution in [3.63, 3.8) is 0 Å². The summed E-state index contributed by atoms with van der Waals surface area (Å²) in [6.45, 7) is 0. The van der Waals surface area contributed by atoms with Crippen molar-refractivity contribution in [3.8, 4) is 22.3 Å². The highest BCUT2D eigenvalue weighted by atomic mass is 16.3. The molecule has 9 rings (SSSR count). The molecule has 6 aromatic carbocycles. The molecule has 212 valence electrons. The number of nitrogens with zero attached hydrogens (tertiary/aromatic N) is 2. The second-order valence-corrected chi connectivity index (χ2v) is 11.2. The molecule has 0 spiro atoms. The Bertz CT molecular complexity index is 2470. The largest absolute Gasteiger partial charge is 0.456 e. The molecule has 0 radical (unpaired) electrons. The molecule has 0 N–H and O–H groups in total. The summed E-state index contributed by atoms with van der Waals surface area (Å²) < 4.78 is 12.5. The number of benzene rings is 6. The summed E-state index contributed by atoms with van der Waals surface area (Å²) in [5.74, 6) is 0. The average Bonchev–Trinajstić information content (AvgIpc) is 3.68. The van der Waals surface area contributed by atoms with Crippen LogP contribution in [-0.4, -0.2) is 4.98 Å². The van der Waals surface area contributed by atoms with Crippen LogP contribution in [0, 0.1) is 0 Å². The van der Waals surface area contributed by atoms with E-state index in [-0.39, 0.29) is 0 Å². The van der Waals surface area contributed by atoms with Crippen LogP contribution in [0.1, 0.15) is 0 Å². The number of anilines is 3. The Morgan fingerprint density at radius 3 is 1.69 bits per heavy atom. The Labute approximate surface area is 259 Å². The molecule has 0 fully saturated rings. The molecule has 3 aromatic heterocycles. The maximum absolute atomic E-state index is 6.35. The fourth-order valence-electron chi connectivity index (χ4n) is 6.41. The van der Waals surface area contributed by atoms with Gasteiger partial charge in [0.05, 0.1) is 0 Å². The topological polar surface area (TPSA) is 42.4 Å². The molecule has 0 aliphatic carbocycles. The van der Waals surface area contributed by atoms with Gasteiger partial charge < -0.3 is 13.7 Å². The van der Waals surface area contributed by atoms with Crippen LogP contribution >= 0.6 is 0 Å². The van der Waals surface area contributed by atoms with E-state index in [4.69, 9.17) is 8.83 Å². The van der Waals surface area contributed by atoms with Crippen molar-refractivity contribution in [3.05, 3.63) is 158 Å². The van der Waals surface area contributed by atoms with Gasteiger partial charge in [-0.1, -0.05) is 78.9 Å². The van der Waals surface area contributed by atoms with Gasteiger partial charge in [0.1, 0.15) is 22.3 Å². The number of hydrogen-bond donors (Lipinski definition) is 0. The summed E-state index contributed by atoms with van der Waals surface area (Å²) in [6.07, 6.45) is 3.65. The van der Waals surface area contributed by atoms with E-state index in [1.54, 1.807) is 0 Å². The zero-order valence-electron chi connectivity index (χ0n) is 24.2. The molecule has 0 unspecified atom stereocenters. The molecule has 4 nitrogen and oxygen atoms in total. The molecule has 0 bridgehead atoms. The number of rotatable bonds is 5. The second-order valence-electron chi connectivity index (χ2n) is 11.2. The third-order valence-corrected chi connectivity index (χ3v) is 8.60. The lowest BCUT2D eigenvalue weighted by Gasteiger charge is -2.26. The number of para-hydroxylation sites is 3. The van der Waals surface area contributed by atoms with Gasteiger partial charge in [0, 0.05) is 56.6 Å². The highest BCUT2D eigenvalue weighted by Gasteiger charge is 2.17. The first-order chi connectivity index (χ1) is 22.3. The van der Waals surface area contributed by atoms with Crippen LogP contribution in [0.3, 0.4) is 0 Å². The van der Waals surface area contributed by atoms with Crippen LogP contribution < -0.4 is 4.90 Å². The first-order valence-electron chi connectivity index (χ1n) is 15.0. The maximum Gasteiger partial charge on any atom is 0.143 e. The molecular formula is C41H26N2O2. The van der Waals surface area contributed by atoms with Gasteiger partial charge in [-0.15, -0.1) is 0 Å². The Hall–Kier alpha value is -6.13. The van der Waals surface area contributed by atoms with Gasteiger partial charge in [-0.25, -0.2) is 0 Å². The van der Waals surface area contributed by atoms with Crippen LogP contribution in [-0.2, 0) is 0 Å². The molecule has 0 atom stereocenters. The third-order valence-electron chi connectivity index (χ3n) is 8.60. The van der Waals surface area contributed by atoms with Crippen molar-refractivity contribution in [2.75, 3.05) is 4.90 Å². The molecular weight excluding hydrogens is 552 g/mol. The van der Waals surface area contributed by atoms with Gasteiger partial charge >= 0.3 is 0 Å². The molecule has 4 heteroatoms. The highest BCUT2D eigenvalue weighted by molar-refractivity contribution is 6.10. The standard InChI is InChI=1S/C41H26N2O2/c1-4-11-39-34(6-1)36-9-5-8-33(41(36)45-39)29-14-18-31(19-15-29)43(30-16-12-27(13-17-30)28-22-24-42-25-23-28)32-20-21-40-37(26-32)35-7-2-3-10-38(35)44-40/h1-26H. The predicted molar refractivity (Wildman–Crippen MR) is 184 cm³/mol. The van der Waals surface area contributed by atoms with E-state index >= 15 is 0 Å². The lowest BCUT2D eigenvalue weighted by atomic mass is 10.0. The lowest BCUT2D eigenvalue weighted by Crippen LogP contribution is -2.09. The Morgan fingerprint density at radius 2 is 0.956 bits per heavy atom. The molecule has 45 heavy (non-hydrogen) atoms. The van der Waals surface area contributed by atoms with E-state index in [1.165, 1.54) is 0 Å². The van der Waals surface area contributed by atoms with Crippen LogP contribution in [0.5, 0.6) is 0 Å². The zero-order valence-corrected chi connectivity index (χ0v) is 24.2. The van der Waals surface area contributed by atoms with Crippen molar-refractivity contribution in [2.24, 2.45) is 0 Å². The van der Waals surface area contributed by atoms with Crippen molar-refractivity contribution >= 4 is 60.9 Å². The van der Waals surface area contributed by atoms with E-state index < -0.39 is 0 Å². The van der Waals surface area contributed by atoms with Crippen molar-refractivity contribution < 1.29 is 8.83 Å². The van der Waals surface area contributed by atoms with Crippen LogP contribution in [0.25, 0.3) is 66.1 Å². The quantitative estimate of drug-likeness (QED) is 0.204. The highest BCUT2D eigenvalue weighted by Crippen LogP contribution is 2.41. The first kappa shape index (κ1) is 25.4. The van der Waals surface area contributed by atoms with Gasteiger partial charge in [0.2, 0.25) is 0 Å². The molecule has 3 heterocycles. The number of fused-ring (bicyclic) bond motifs is 6. The second kappa shape index (κ2) is 10.2. The monoisotopic (exact) mass is 578 g/mol. The minimum Gasteiger partial charge on any atom is -0.456 e. The van der Waals surface area contributed by atoms with Gasteiger partial charge in [-0.3, -0.25) is 4.98 Å². The Morgan fingerprint density at radius 1 is 0.400 bits per heavy atom. The SMILES string of the molecule is c1ccc2c(c1)oc1ccc(N(c3ccc(-c4ccncc4)cc3)c3ccc(-c4cccc5c4oc4ccccc45)cc3)cc12. The zero-order chi connectivity index (χ0) is 29.7. The smallest absolute Gasteiger partial charge is 0.143 e. The van der Waals surface area contributed by atoms with Gasteiger partial charge in [0.25, 0.3) is 0 Å². The summed E-state index contributed by atoms with van der Waals surface area (Å²) >= 11 is 0. The summed E-state index contributed by atoms with van der Waals surface area (Å²) in [6, 6.07) is 50.7. The van der Waals surface area contributed by atoms with Crippen LogP contribution in [0.2, 0.25) is 0 Å². The van der Waals surface area contributed by atoms with E-state index in [9.17, 15) is 0 Å². The fraction of sp³-hybridized carbons (Fsp3) is 0. The van der Waals surface area contributed by atoms with E-state index in [1.807, 2.05) is 48.8 Å². The summed E-state index contributed by atoms with van der Waals surface area (Å²) in [4.78, 5) is 6.47. The maximum atomic E-state index is 6.35. The Kier molecular flexibility index (Phi) is 5.78.